The topological polar surface area (TPSA) is 107 Å². The van der Waals surface area contributed by atoms with Crippen LogP contribution < -0.4 is 4.72 Å². The van der Waals surface area contributed by atoms with Gasteiger partial charge in [-0.15, -0.1) is 0 Å². The molecule has 0 saturated heterocycles. The monoisotopic (exact) mass is 302 g/mol. The van der Waals surface area contributed by atoms with E-state index in [1.165, 1.54) is 12.1 Å². The molecule has 0 fully saturated rings. The van der Waals surface area contributed by atoms with E-state index in [1.807, 2.05) is 0 Å². The van der Waals surface area contributed by atoms with Crippen LogP contribution in [0, 0.1) is 11.3 Å². The van der Waals surface area contributed by atoms with E-state index in [1.54, 1.807) is 13.0 Å². The lowest BCUT2D eigenvalue weighted by Crippen LogP contribution is -2.40. The minimum Gasteiger partial charge on any atom is -0.480 e. The van der Waals surface area contributed by atoms with Crippen LogP contribution in [-0.4, -0.2) is 25.5 Å². The fraction of sp³-hybridized carbons (Fsp3) is 0.273. The zero-order valence-corrected chi connectivity index (χ0v) is 11.5. The first-order valence-electron chi connectivity index (χ1n) is 5.26. The molecule has 6 nitrogen and oxygen atoms in total. The third-order valence-corrected chi connectivity index (χ3v) is 4.16. The van der Waals surface area contributed by atoms with Gasteiger partial charge in [-0.25, -0.2) is 8.42 Å². The van der Waals surface area contributed by atoms with Gasteiger partial charge >= 0.3 is 5.97 Å². The maximum Gasteiger partial charge on any atom is 0.321 e. The Kier molecular flexibility index (Phi) is 4.89. The number of benzene rings is 1. The average Bonchev–Trinajstić information content (AvgIpc) is 2.35. The van der Waals surface area contributed by atoms with Gasteiger partial charge < -0.3 is 5.11 Å². The van der Waals surface area contributed by atoms with E-state index in [0.29, 0.717) is 0 Å². The minimum atomic E-state index is -3.99. The quantitative estimate of drug-likeness (QED) is 0.853. The number of nitriles is 1. The van der Waals surface area contributed by atoms with Crippen molar-refractivity contribution in [2.45, 2.75) is 24.3 Å². The first kappa shape index (κ1) is 15.4. The Balaban J connectivity index is 3.11. The summed E-state index contributed by atoms with van der Waals surface area (Å²) in [6.45, 7) is 1.55. The summed E-state index contributed by atoms with van der Waals surface area (Å²) in [7, 11) is -3.99. The first-order chi connectivity index (χ1) is 8.81. The van der Waals surface area contributed by atoms with Crippen LogP contribution in [-0.2, 0) is 14.8 Å². The minimum absolute atomic E-state index is 0.00579. The summed E-state index contributed by atoms with van der Waals surface area (Å²) in [4.78, 5) is 10.6. The molecule has 0 saturated carbocycles. The molecule has 1 aromatic carbocycles. The lowest BCUT2D eigenvalue weighted by molar-refractivity contribution is -0.139. The van der Waals surface area contributed by atoms with E-state index in [0.717, 1.165) is 6.07 Å². The molecule has 19 heavy (non-hydrogen) atoms. The Morgan fingerprint density at radius 1 is 1.58 bits per heavy atom. The molecule has 1 atom stereocenters. The van der Waals surface area contributed by atoms with Crippen molar-refractivity contribution >= 4 is 27.6 Å². The molecule has 0 bridgehead atoms. The van der Waals surface area contributed by atoms with Crippen molar-refractivity contribution in [2.24, 2.45) is 0 Å². The van der Waals surface area contributed by atoms with Crippen molar-refractivity contribution in [3.8, 4) is 6.07 Å². The molecule has 0 aliphatic heterocycles. The maximum absolute atomic E-state index is 11.9. The number of nitrogens with one attached hydrogen (secondary N) is 1. The fourth-order valence-corrected chi connectivity index (χ4v) is 2.90. The van der Waals surface area contributed by atoms with E-state index in [9.17, 15) is 13.2 Å². The third kappa shape index (κ3) is 3.67. The zero-order valence-electron chi connectivity index (χ0n) is 9.92. The summed E-state index contributed by atoms with van der Waals surface area (Å²) >= 11 is 5.74. The predicted octanol–water partition coefficient (Wildman–Crippen LogP) is 1.35. The fourth-order valence-electron chi connectivity index (χ4n) is 1.32. The SMILES string of the molecule is CC[C@H](NS(=O)(=O)c1ccc(C#N)c(Cl)c1)C(=O)O. The molecular formula is C11H11ClN2O4S. The largest absolute Gasteiger partial charge is 0.480 e. The van der Waals surface area contributed by atoms with Gasteiger partial charge in [-0.2, -0.15) is 9.98 Å². The summed E-state index contributed by atoms with van der Waals surface area (Å²) in [6, 6.07) is 4.16. The summed E-state index contributed by atoms with van der Waals surface area (Å²) in [6.07, 6.45) is 0.110. The number of carboxylic acid groups (broad SMARTS) is 1. The molecule has 0 amide bonds. The van der Waals surface area contributed by atoms with Crippen molar-refractivity contribution in [1.29, 1.82) is 5.26 Å². The number of hydrogen-bond donors (Lipinski definition) is 2. The van der Waals surface area contributed by atoms with Crippen LogP contribution in [0.5, 0.6) is 0 Å². The van der Waals surface area contributed by atoms with E-state index in [4.69, 9.17) is 22.0 Å². The van der Waals surface area contributed by atoms with Gasteiger partial charge in [0.1, 0.15) is 12.1 Å². The van der Waals surface area contributed by atoms with Crippen LogP contribution in [0.3, 0.4) is 0 Å². The second-order valence-electron chi connectivity index (χ2n) is 3.67. The van der Waals surface area contributed by atoms with E-state index < -0.39 is 22.0 Å². The number of carbonyl (C=O) groups is 1. The highest BCUT2D eigenvalue weighted by Crippen LogP contribution is 2.20. The molecule has 8 heteroatoms. The number of carboxylic acids is 1. The number of halogens is 1. The van der Waals surface area contributed by atoms with Crippen LogP contribution in [0.15, 0.2) is 23.1 Å². The van der Waals surface area contributed by atoms with E-state index in [2.05, 4.69) is 4.72 Å². The van der Waals surface area contributed by atoms with Crippen LogP contribution in [0.4, 0.5) is 0 Å². The van der Waals surface area contributed by atoms with Gasteiger partial charge in [0.15, 0.2) is 0 Å². The molecule has 0 aromatic heterocycles. The number of aliphatic carboxylic acids is 1. The standard InChI is InChI=1S/C11H11ClN2O4S/c1-2-10(11(15)16)14-19(17,18)8-4-3-7(6-13)9(12)5-8/h3-5,10,14H,2H2,1H3,(H,15,16)/t10-/m0/s1. The molecule has 1 rings (SSSR count). The number of sulfonamides is 1. The number of nitrogens with zero attached hydrogens (tertiary/aromatic N) is 1. The highest BCUT2D eigenvalue weighted by molar-refractivity contribution is 7.89. The molecule has 0 spiro atoms. The number of rotatable bonds is 5. The Labute approximate surface area is 115 Å². The third-order valence-electron chi connectivity index (χ3n) is 2.38. The molecule has 0 heterocycles. The molecule has 0 radical (unpaired) electrons. The van der Waals surface area contributed by atoms with Gasteiger partial charge in [0, 0.05) is 0 Å². The average molecular weight is 303 g/mol. The van der Waals surface area contributed by atoms with Crippen molar-refractivity contribution in [3.05, 3.63) is 28.8 Å². The van der Waals surface area contributed by atoms with Gasteiger partial charge in [-0.3, -0.25) is 4.79 Å². The Morgan fingerprint density at radius 2 is 2.21 bits per heavy atom. The highest BCUT2D eigenvalue weighted by Gasteiger charge is 2.24. The van der Waals surface area contributed by atoms with Gasteiger partial charge in [0.05, 0.1) is 15.5 Å². The highest BCUT2D eigenvalue weighted by atomic mass is 35.5. The van der Waals surface area contributed by atoms with Crippen molar-refractivity contribution in [2.75, 3.05) is 0 Å². The lowest BCUT2D eigenvalue weighted by Gasteiger charge is -2.13. The lowest BCUT2D eigenvalue weighted by atomic mass is 10.2. The van der Waals surface area contributed by atoms with Crippen LogP contribution in [0.2, 0.25) is 5.02 Å². The van der Waals surface area contributed by atoms with Crippen LogP contribution in [0.1, 0.15) is 18.9 Å². The molecular weight excluding hydrogens is 292 g/mol. The van der Waals surface area contributed by atoms with Crippen LogP contribution in [0.25, 0.3) is 0 Å². The van der Waals surface area contributed by atoms with Gasteiger partial charge in [-0.1, -0.05) is 18.5 Å². The molecule has 1 aromatic rings. The molecule has 2 N–H and O–H groups in total. The molecule has 0 unspecified atom stereocenters. The van der Waals surface area contributed by atoms with Crippen molar-refractivity contribution in [3.63, 3.8) is 0 Å². The van der Waals surface area contributed by atoms with Gasteiger partial charge in [-0.05, 0) is 24.6 Å². The Morgan fingerprint density at radius 3 is 2.63 bits per heavy atom. The number of hydrogen-bond acceptors (Lipinski definition) is 4. The van der Waals surface area contributed by atoms with E-state index in [-0.39, 0.29) is 21.9 Å². The Hall–Kier alpha value is -1.62. The summed E-state index contributed by atoms with van der Waals surface area (Å²) in [5.74, 6) is -1.26. The Bertz CT molecular complexity index is 637. The van der Waals surface area contributed by atoms with E-state index >= 15 is 0 Å². The molecule has 102 valence electrons. The normalized spacial score (nSPS) is 12.7. The smallest absolute Gasteiger partial charge is 0.321 e. The summed E-state index contributed by atoms with van der Waals surface area (Å²) in [5, 5.41) is 17.5. The van der Waals surface area contributed by atoms with Gasteiger partial charge in [0.2, 0.25) is 10.0 Å². The molecule has 0 aliphatic carbocycles. The second kappa shape index (κ2) is 6.02. The van der Waals surface area contributed by atoms with Crippen molar-refractivity contribution in [1.82, 2.24) is 4.72 Å². The summed E-state index contributed by atoms with van der Waals surface area (Å²) < 4.78 is 25.9. The predicted molar refractivity (Wildman–Crippen MR) is 68.2 cm³/mol. The zero-order chi connectivity index (χ0) is 14.6. The molecule has 0 aliphatic rings. The maximum atomic E-state index is 11.9. The van der Waals surface area contributed by atoms with Crippen LogP contribution >= 0.6 is 11.6 Å². The van der Waals surface area contributed by atoms with Crippen molar-refractivity contribution < 1.29 is 18.3 Å². The second-order valence-corrected chi connectivity index (χ2v) is 5.79. The summed E-state index contributed by atoms with van der Waals surface area (Å²) in [5.41, 5.74) is 0.144. The first-order valence-corrected chi connectivity index (χ1v) is 7.12. The van der Waals surface area contributed by atoms with Gasteiger partial charge in [0.25, 0.3) is 0 Å².